The van der Waals surface area contributed by atoms with Crippen molar-refractivity contribution in [2.45, 2.75) is 72.8 Å². The largest absolute Gasteiger partial charge is 0.465 e. The minimum atomic E-state index is -0.463. The number of hydrogen-bond donors (Lipinski definition) is 0. The lowest BCUT2D eigenvalue weighted by atomic mass is 9.82. The second-order valence-electron chi connectivity index (χ2n) is 10.4. The number of carbonyl (C=O) groups is 3. The third-order valence-corrected chi connectivity index (χ3v) is 7.50. The van der Waals surface area contributed by atoms with Crippen molar-refractivity contribution < 1.29 is 19.1 Å². The fourth-order valence-corrected chi connectivity index (χ4v) is 5.47. The number of rotatable bonds is 4. The molecule has 1 aliphatic heterocycles. The van der Waals surface area contributed by atoms with Crippen LogP contribution in [0.25, 0.3) is 0 Å². The molecule has 0 spiro atoms. The van der Waals surface area contributed by atoms with Crippen LogP contribution in [0, 0.1) is 29.1 Å². The first-order valence-corrected chi connectivity index (χ1v) is 12.7. The number of hydrogen-bond acceptors (Lipinski definition) is 5. The van der Waals surface area contributed by atoms with E-state index in [0.29, 0.717) is 36.0 Å². The van der Waals surface area contributed by atoms with Crippen molar-refractivity contribution in [2.75, 3.05) is 25.1 Å². The molecule has 7 heteroatoms. The Bertz CT molecular complexity index is 957. The summed E-state index contributed by atoms with van der Waals surface area (Å²) >= 11 is 1.27. The summed E-state index contributed by atoms with van der Waals surface area (Å²) in [6, 6.07) is 1.69. The summed E-state index contributed by atoms with van der Waals surface area (Å²) in [5.41, 5.74) is 0.390. The van der Waals surface area contributed by atoms with Gasteiger partial charge in [0, 0.05) is 31.3 Å². The predicted molar refractivity (Wildman–Crippen MR) is 131 cm³/mol. The van der Waals surface area contributed by atoms with Crippen LogP contribution in [-0.4, -0.2) is 48.9 Å². The first-order valence-electron chi connectivity index (χ1n) is 11.8. The molecule has 1 aliphatic carbocycles. The Morgan fingerprint density at radius 3 is 2.36 bits per heavy atom. The Morgan fingerprint density at radius 1 is 1.15 bits per heavy atom. The molecule has 2 fully saturated rings. The lowest BCUT2D eigenvalue weighted by Crippen LogP contribution is -2.46. The summed E-state index contributed by atoms with van der Waals surface area (Å²) in [5.74, 6) is 6.55. The number of thiophene rings is 1. The van der Waals surface area contributed by atoms with Gasteiger partial charge < -0.3 is 14.5 Å². The average molecular weight is 473 g/mol. The summed E-state index contributed by atoms with van der Waals surface area (Å²) in [7, 11) is 1.36. The van der Waals surface area contributed by atoms with Gasteiger partial charge in [-0.05, 0) is 64.9 Å². The second-order valence-corrected chi connectivity index (χ2v) is 11.4. The number of esters is 1. The van der Waals surface area contributed by atoms with E-state index in [-0.39, 0.29) is 29.2 Å². The minimum Gasteiger partial charge on any atom is -0.465 e. The van der Waals surface area contributed by atoms with Crippen LogP contribution < -0.4 is 4.90 Å². The van der Waals surface area contributed by atoms with Gasteiger partial charge in [-0.3, -0.25) is 9.59 Å². The topological polar surface area (TPSA) is 66.9 Å². The number of carbonyl (C=O) groups excluding carboxylic acids is 3. The van der Waals surface area contributed by atoms with E-state index in [1.165, 1.54) is 18.4 Å². The van der Waals surface area contributed by atoms with Crippen molar-refractivity contribution in [1.29, 1.82) is 0 Å². The molecular weight excluding hydrogens is 436 g/mol. The summed E-state index contributed by atoms with van der Waals surface area (Å²) < 4.78 is 5.07. The van der Waals surface area contributed by atoms with Crippen LogP contribution in [0.4, 0.5) is 5.69 Å². The zero-order valence-electron chi connectivity index (χ0n) is 20.7. The Labute approximate surface area is 201 Å². The van der Waals surface area contributed by atoms with Gasteiger partial charge in [-0.15, -0.1) is 11.3 Å². The molecule has 2 heterocycles. The molecule has 0 bridgehead atoms. The van der Waals surface area contributed by atoms with Gasteiger partial charge in [0.15, 0.2) is 0 Å². The quantitative estimate of drug-likeness (QED) is 0.470. The highest BCUT2D eigenvalue weighted by Gasteiger charge is 2.39. The highest BCUT2D eigenvalue weighted by molar-refractivity contribution is 7.15. The number of amides is 2. The van der Waals surface area contributed by atoms with Crippen molar-refractivity contribution in [3.05, 3.63) is 15.8 Å². The first-order chi connectivity index (χ1) is 15.5. The van der Waals surface area contributed by atoms with Crippen LogP contribution in [0.3, 0.4) is 0 Å². The van der Waals surface area contributed by atoms with E-state index in [1.54, 1.807) is 16.7 Å². The summed E-state index contributed by atoms with van der Waals surface area (Å²) in [5, 5.41) is 0. The van der Waals surface area contributed by atoms with Gasteiger partial charge in [0.1, 0.15) is 4.88 Å². The number of nitrogens with zero attached hydrogens (tertiary/aromatic N) is 2. The van der Waals surface area contributed by atoms with Crippen molar-refractivity contribution in [3.8, 4) is 11.8 Å². The molecule has 0 radical (unpaired) electrons. The molecule has 6 nitrogen and oxygen atoms in total. The van der Waals surface area contributed by atoms with Gasteiger partial charge in [0.05, 0.1) is 23.7 Å². The normalized spacial score (nSPS) is 23.0. The average Bonchev–Trinajstić information content (AvgIpc) is 3.40. The molecule has 2 amide bonds. The third kappa shape index (κ3) is 6.17. The summed E-state index contributed by atoms with van der Waals surface area (Å²) in [6.07, 6.45) is 4.46. The molecule has 2 aliphatic rings. The van der Waals surface area contributed by atoms with Gasteiger partial charge in [0.25, 0.3) is 0 Å². The number of anilines is 1. The summed E-state index contributed by atoms with van der Waals surface area (Å²) in [4.78, 5) is 43.3. The molecule has 1 atom stereocenters. The van der Waals surface area contributed by atoms with Crippen molar-refractivity contribution >= 4 is 34.8 Å². The van der Waals surface area contributed by atoms with Crippen molar-refractivity contribution in [2.24, 2.45) is 17.3 Å². The van der Waals surface area contributed by atoms with E-state index < -0.39 is 5.97 Å². The van der Waals surface area contributed by atoms with Gasteiger partial charge in [-0.1, -0.05) is 18.8 Å². The van der Waals surface area contributed by atoms with E-state index in [2.05, 4.69) is 18.8 Å². The monoisotopic (exact) mass is 472 g/mol. The zero-order valence-corrected chi connectivity index (χ0v) is 21.5. The van der Waals surface area contributed by atoms with Crippen molar-refractivity contribution in [3.63, 3.8) is 0 Å². The molecule has 1 aromatic heterocycles. The van der Waals surface area contributed by atoms with Gasteiger partial charge in [-0.25, -0.2) is 4.79 Å². The highest BCUT2D eigenvalue weighted by atomic mass is 32.1. The van der Waals surface area contributed by atoms with Crippen LogP contribution in [0.5, 0.6) is 0 Å². The van der Waals surface area contributed by atoms with E-state index in [0.717, 1.165) is 30.6 Å². The molecule has 3 rings (SSSR count). The fourth-order valence-electron chi connectivity index (χ4n) is 4.55. The van der Waals surface area contributed by atoms with E-state index in [4.69, 9.17) is 4.74 Å². The highest BCUT2D eigenvalue weighted by Crippen LogP contribution is 2.38. The molecule has 1 saturated heterocycles. The molecule has 1 aromatic rings. The van der Waals surface area contributed by atoms with Crippen LogP contribution in [-0.2, 0) is 14.3 Å². The van der Waals surface area contributed by atoms with Gasteiger partial charge in [0.2, 0.25) is 11.8 Å². The Kier molecular flexibility index (Phi) is 7.89. The lowest BCUT2D eigenvalue weighted by molar-refractivity contribution is -0.128. The Hall–Kier alpha value is -2.33. The minimum absolute atomic E-state index is 0.00614. The Morgan fingerprint density at radius 2 is 1.82 bits per heavy atom. The molecule has 0 N–H and O–H groups in total. The van der Waals surface area contributed by atoms with Gasteiger partial charge >= 0.3 is 5.97 Å². The number of methoxy groups -OCH3 is 1. The zero-order chi connectivity index (χ0) is 24.3. The Balaban J connectivity index is 2.04. The van der Waals surface area contributed by atoms with Crippen LogP contribution in [0.2, 0.25) is 0 Å². The number of likely N-dealkylation sites (tertiary alicyclic amines) is 1. The van der Waals surface area contributed by atoms with E-state index in [1.807, 2.05) is 26.8 Å². The molecule has 1 saturated carbocycles. The number of ether oxygens (including phenoxy) is 1. The molecule has 0 aromatic carbocycles. The van der Waals surface area contributed by atoms with Crippen molar-refractivity contribution in [1.82, 2.24) is 4.90 Å². The van der Waals surface area contributed by atoms with Gasteiger partial charge in [-0.2, -0.15) is 0 Å². The lowest BCUT2D eigenvalue weighted by Gasteiger charge is -2.34. The first kappa shape index (κ1) is 25.3. The van der Waals surface area contributed by atoms with E-state index in [9.17, 15) is 14.4 Å². The standard InChI is InChI=1S/C26H36N2O4S/c1-17-7-9-19(10-8-17)24(30)28(20-12-14-27(16-20)18(2)29)22-15-21(11-13-26(3,4)5)33-23(22)25(31)32-6/h15,17,19-20H,7-10,12,14,16H2,1-6H3. The molecule has 1 unspecified atom stereocenters. The maximum absolute atomic E-state index is 13.9. The van der Waals surface area contributed by atoms with Crippen LogP contribution in [0.15, 0.2) is 6.07 Å². The predicted octanol–water partition coefficient (Wildman–Crippen LogP) is 4.71. The molecule has 180 valence electrons. The fraction of sp³-hybridized carbons (Fsp3) is 0.654. The van der Waals surface area contributed by atoms with E-state index >= 15 is 0 Å². The third-order valence-electron chi connectivity index (χ3n) is 6.48. The van der Waals surface area contributed by atoms with Crippen LogP contribution in [0.1, 0.15) is 81.3 Å². The van der Waals surface area contributed by atoms with Crippen LogP contribution >= 0.6 is 11.3 Å². The second kappa shape index (κ2) is 10.3. The maximum atomic E-state index is 13.9. The smallest absolute Gasteiger partial charge is 0.350 e. The maximum Gasteiger partial charge on any atom is 0.350 e. The molecular formula is C26H36N2O4S. The SMILES string of the molecule is COC(=O)c1sc(C#CC(C)(C)C)cc1N(C(=O)C1CCC(C)CC1)C1CCN(C(C)=O)C1. The summed E-state index contributed by atoms with van der Waals surface area (Å²) in [6.45, 7) is 11.0. The molecule has 33 heavy (non-hydrogen) atoms.